The van der Waals surface area contributed by atoms with Crippen LogP contribution in [0.15, 0.2) is 36.4 Å². The molecule has 1 aromatic heterocycles. The standard InChI is InChI=1S/C18H24N2O/c1-12-10-13(2)20-15(4)18(12)14(3)19-11-17(21)16-8-6-5-7-9-16/h5-10,14,17,19,21H,11H2,1-4H3. The van der Waals surface area contributed by atoms with Crippen molar-refractivity contribution >= 4 is 0 Å². The average Bonchev–Trinajstić information content (AvgIpc) is 2.44. The van der Waals surface area contributed by atoms with Crippen LogP contribution in [-0.4, -0.2) is 16.6 Å². The minimum atomic E-state index is -0.493. The van der Waals surface area contributed by atoms with Crippen molar-refractivity contribution in [2.75, 3.05) is 6.54 Å². The van der Waals surface area contributed by atoms with Crippen LogP contribution in [0, 0.1) is 20.8 Å². The van der Waals surface area contributed by atoms with Crippen LogP contribution in [0.5, 0.6) is 0 Å². The maximum Gasteiger partial charge on any atom is 0.0914 e. The van der Waals surface area contributed by atoms with Gasteiger partial charge in [-0.25, -0.2) is 0 Å². The van der Waals surface area contributed by atoms with Gasteiger partial charge in [-0.1, -0.05) is 30.3 Å². The number of aliphatic hydroxyl groups excluding tert-OH is 1. The van der Waals surface area contributed by atoms with Crippen LogP contribution in [-0.2, 0) is 0 Å². The average molecular weight is 284 g/mol. The van der Waals surface area contributed by atoms with Gasteiger partial charge in [0.25, 0.3) is 0 Å². The molecule has 0 spiro atoms. The Balaban J connectivity index is 2.04. The van der Waals surface area contributed by atoms with Gasteiger partial charge in [-0.3, -0.25) is 4.98 Å². The van der Waals surface area contributed by atoms with Gasteiger partial charge in [-0.2, -0.15) is 0 Å². The van der Waals surface area contributed by atoms with E-state index in [2.05, 4.69) is 30.2 Å². The van der Waals surface area contributed by atoms with Crippen LogP contribution in [0.2, 0.25) is 0 Å². The highest BCUT2D eigenvalue weighted by Gasteiger charge is 2.14. The molecule has 3 nitrogen and oxygen atoms in total. The van der Waals surface area contributed by atoms with Crippen molar-refractivity contribution in [3.8, 4) is 0 Å². The molecule has 1 heterocycles. The second-order valence-electron chi connectivity index (χ2n) is 5.64. The summed E-state index contributed by atoms with van der Waals surface area (Å²) in [6.07, 6.45) is -0.493. The number of nitrogens with one attached hydrogen (secondary N) is 1. The Bertz CT molecular complexity index is 572. The monoisotopic (exact) mass is 284 g/mol. The Morgan fingerprint density at radius 2 is 1.81 bits per heavy atom. The summed E-state index contributed by atoms with van der Waals surface area (Å²) < 4.78 is 0. The summed E-state index contributed by atoms with van der Waals surface area (Å²) in [5.74, 6) is 0. The van der Waals surface area contributed by atoms with Gasteiger partial charge in [-0.15, -0.1) is 0 Å². The SMILES string of the molecule is Cc1cc(C)c(C(C)NCC(O)c2ccccc2)c(C)n1. The smallest absolute Gasteiger partial charge is 0.0914 e. The molecule has 0 aliphatic heterocycles. The van der Waals surface area contributed by atoms with Crippen molar-refractivity contribution in [1.29, 1.82) is 0 Å². The number of rotatable bonds is 5. The molecular formula is C18H24N2O. The number of nitrogens with zero attached hydrogens (tertiary/aromatic N) is 1. The lowest BCUT2D eigenvalue weighted by Crippen LogP contribution is -2.26. The number of aryl methyl sites for hydroxylation is 3. The highest BCUT2D eigenvalue weighted by Crippen LogP contribution is 2.22. The fourth-order valence-electron chi connectivity index (χ4n) is 2.87. The molecule has 0 fully saturated rings. The van der Waals surface area contributed by atoms with Crippen LogP contribution in [0.4, 0.5) is 0 Å². The highest BCUT2D eigenvalue weighted by atomic mass is 16.3. The normalized spacial score (nSPS) is 14.0. The predicted molar refractivity (Wildman–Crippen MR) is 86.3 cm³/mol. The molecule has 112 valence electrons. The molecule has 0 bridgehead atoms. The summed E-state index contributed by atoms with van der Waals surface area (Å²) in [6, 6.07) is 12.0. The minimum absolute atomic E-state index is 0.163. The Hall–Kier alpha value is -1.71. The minimum Gasteiger partial charge on any atom is -0.387 e. The number of hydrogen-bond acceptors (Lipinski definition) is 3. The van der Waals surface area contributed by atoms with Gasteiger partial charge in [0.1, 0.15) is 0 Å². The van der Waals surface area contributed by atoms with E-state index in [1.807, 2.05) is 44.2 Å². The second kappa shape index (κ2) is 6.83. The summed E-state index contributed by atoms with van der Waals surface area (Å²) in [4.78, 5) is 4.54. The molecule has 0 saturated carbocycles. The van der Waals surface area contributed by atoms with Gasteiger partial charge in [0, 0.05) is 24.0 Å². The molecule has 2 N–H and O–H groups in total. The summed E-state index contributed by atoms with van der Waals surface area (Å²) in [5.41, 5.74) is 5.51. The van der Waals surface area contributed by atoms with E-state index >= 15 is 0 Å². The van der Waals surface area contributed by atoms with Crippen molar-refractivity contribution in [1.82, 2.24) is 10.3 Å². The third kappa shape index (κ3) is 3.90. The van der Waals surface area contributed by atoms with Gasteiger partial charge in [0.15, 0.2) is 0 Å². The van der Waals surface area contributed by atoms with Crippen molar-refractivity contribution in [3.63, 3.8) is 0 Å². The molecule has 2 rings (SSSR count). The van der Waals surface area contributed by atoms with E-state index in [4.69, 9.17) is 0 Å². The van der Waals surface area contributed by atoms with Gasteiger partial charge in [0.05, 0.1) is 6.10 Å². The van der Waals surface area contributed by atoms with Crippen molar-refractivity contribution in [2.45, 2.75) is 39.8 Å². The van der Waals surface area contributed by atoms with Gasteiger partial charge < -0.3 is 10.4 Å². The van der Waals surface area contributed by atoms with E-state index in [0.717, 1.165) is 17.0 Å². The first kappa shape index (κ1) is 15.7. The first-order valence-electron chi connectivity index (χ1n) is 7.40. The van der Waals surface area contributed by atoms with Crippen LogP contribution < -0.4 is 5.32 Å². The molecule has 0 saturated heterocycles. The summed E-state index contributed by atoms with van der Waals surface area (Å²) in [6.45, 7) is 8.81. The molecule has 21 heavy (non-hydrogen) atoms. The number of pyridine rings is 1. The summed E-state index contributed by atoms with van der Waals surface area (Å²) >= 11 is 0. The van der Waals surface area contributed by atoms with Crippen LogP contribution in [0.3, 0.4) is 0 Å². The second-order valence-corrected chi connectivity index (χ2v) is 5.64. The molecule has 2 atom stereocenters. The van der Waals surface area contributed by atoms with Crippen LogP contribution in [0.25, 0.3) is 0 Å². The maximum absolute atomic E-state index is 10.2. The molecule has 3 heteroatoms. The van der Waals surface area contributed by atoms with E-state index in [-0.39, 0.29) is 6.04 Å². The lowest BCUT2D eigenvalue weighted by molar-refractivity contribution is 0.170. The zero-order valence-corrected chi connectivity index (χ0v) is 13.2. The Labute approximate surface area is 127 Å². The predicted octanol–water partition coefficient (Wildman–Crippen LogP) is 3.39. The fourth-order valence-corrected chi connectivity index (χ4v) is 2.87. The van der Waals surface area contributed by atoms with Crippen molar-refractivity contribution in [2.24, 2.45) is 0 Å². The van der Waals surface area contributed by atoms with Crippen LogP contribution in [0.1, 0.15) is 47.1 Å². The Kier molecular flexibility index (Phi) is 5.10. The molecule has 2 unspecified atom stereocenters. The largest absolute Gasteiger partial charge is 0.387 e. The van der Waals surface area contributed by atoms with Gasteiger partial charge in [-0.05, 0) is 50.5 Å². The van der Waals surface area contributed by atoms with E-state index in [1.165, 1.54) is 11.1 Å². The first-order valence-corrected chi connectivity index (χ1v) is 7.40. The number of aromatic nitrogens is 1. The maximum atomic E-state index is 10.2. The first-order chi connectivity index (χ1) is 9.99. The number of aliphatic hydroxyl groups is 1. The number of benzene rings is 1. The molecule has 0 radical (unpaired) electrons. The lowest BCUT2D eigenvalue weighted by Gasteiger charge is -2.21. The third-order valence-corrected chi connectivity index (χ3v) is 3.82. The zero-order chi connectivity index (χ0) is 15.4. The Morgan fingerprint density at radius 3 is 2.43 bits per heavy atom. The van der Waals surface area contributed by atoms with E-state index < -0.39 is 6.10 Å². The van der Waals surface area contributed by atoms with Gasteiger partial charge in [0.2, 0.25) is 0 Å². The van der Waals surface area contributed by atoms with E-state index in [0.29, 0.717) is 6.54 Å². The molecule has 0 aliphatic carbocycles. The highest BCUT2D eigenvalue weighted by molar-refractivity contribution is 5.33. The van der Waals surface area contributed by atoms with Gasteiger partial charge >= 0.3 is 0 Å². The molecule has 2 aromatic rings. The topological polar surface area (TPSA) is 45.1 Å². The van der Waals surface area contributed by atoms with Crippen molar-refractivity contribution in [3.05, 3.63) is 64.5 Å². The quantitative estimate of drug-likeness (QED) is 0.884. The molecule has 1 aromatic carbocycles. The van der Waals surface area contributed by atoms with E-state index in [9.17, 15) is 5.11 Å². The van der Waals surface area contributed by atoms with E-state index in [1.54, 1.807) is 0 Å². The zero-order valence-electron chi connectivity index (χ0n) is 13.2. The molecule has 0 amide bonds. The molecule has 0 aliphatic rings. The fraction of sp³-hybridized carbons (Fsp3) is 0.389. The number of hydrogen-bond donors (Lipinski definition) is 2. The molecular weight excluding hydrogens is 260 g/mol. The third-order valence-electron chi connectivity index (χ3n) is 3.82. The summed E-state index contributed by atoms with van der Waals surface area (Å²) in [7, 11) is 0. The Morgan fingerprint density at radius 1 is 1.14 bits per heavy atom. The van der Waals surface area contributed by atoms with Crippen LogP contribution >= 0.6 is 0 Å². The summed E-state index contributed by atoms with van der Waals surface area (Å²) in [5, 5.41) is 13.6. The lowest BCUT2D eigenvalue weighted by atomic mass is 10.00. The van der Waals surface area contributed by atoms with Crippen molar-refractivity contribution < 1.29 is 5.11 Å².